The van der Waals surface area contributed by atoms with Crippen LogP contribution in [0.3, 0.4) is 0 Å². The Labute approximate surface area is 124 Å². The molecule has 0 bridgehead atoms. The Bertz CT molecular complexity index is 597. The van der Waals surface area contributed by atoms with E-state index in [9.17, 15) is 4.79 Å². The molecule has 2 rings (SSSR count). The Balaban J connectivity index is 1.84. The molecule has 0 spiro atoms. The van der Waals surface area contributed by atoms with Crippen molar-refractivity contribution in [3.05, 3.63) is 67.3 Å². The second kappa shape index (κ2) is 7.75. The second-order valence-electron chi connectivity index (χ2n) is 4.40. The Hall–Kier alpha value is -2.75. The molecule has 0 aromatic heterocycles. The van der Waals surface area contributed by atoms with Crippen LogP contribution in [0.15, 0.2) is 67.3 Å². The zero-order valence-electron chi connectivity index (χ0n) is 11.7. The highest BCUT2D eigenvalue weighted by Gasteiger charge is 2.02. The summed E-state index contributed by atoms with van der Waals surface area (Å²) >= 11 is 0. The summed E-state index contributed by atoms with van der Waals surface area (Å²) in [4.78, 5) is 11.8. The molecule has 1 amide bonds. The molecular weight excluding hydrogens is 264 g/mol. The number of rotatable bonds is 7. The Morgan fingerprint density at radius 1 is 1.10 bits per heavy atom. The fraction of sp³-hybridized carbons (Fsp3) is 0.118. The first kappa shape index (κ1) is 14.7. The molecule has 108 valence electrons. The van der Waals surface area contributed by atoms with E-state index < -0.39 is 0 Å². The number of ether oxygens (including phenoxy) is 1. The molecule has 2 N–H and O–H groups in total. The van der Waals surface area contributed by atoms with Gasteiger partial charge in [0.25, 0.3) is 0 Å². The normalized spacial score (nSPS) is 9.71. The van der Waals surface area contributed by atoms with Crippen LogP contribution in [-0.2, 0) is 4.79 Å². The summed E-state index contributed by atoms with van der Waals surface area (Å²) in [6, 6.07) is 16.8. The van der Waals surface area contributed by atoms with E-state index in [1.54, 1.807) is 6.08 Å². The number of para-hydroxylation sites is 1. The van der Waals surface area contributed by atoms with Crippen molar-refractivity contribution in [3.63, 3.8) is 0 Å². The number of nitrogens with one attached hydrogen (secondary N) is 2. The topological polar surface area (TPSA) is 50.4 Å². The van der Waals surface area contributed by atoms with Crippen LogP contribution in [0.2, 0.25) is 0 Å². The van der Waals surface area contributed by atoms with E-state index in [4.69, 9.17) is 4.74 Å². The molecular formula is C17H18N2O2. The molecule has 0 radical (unpaired) electrons. The predicted octanol–water partition coefficient (Wildman–Crippen LogP) is 3.30. The minimum absolute atomic E-state index is 0.0985. The van der Waals surface area contributed by atoms with Crippen LogP contribution in [0.1, 0.15) is 0 Å². The van der Waals surface area contributed by atoms with Gasteiger partial charge in [-0.05, 0) is 24.3 Å². The molecule has 2 aromatic carbocycles. The standard InChI is InChI=1S/C17H18N2O2/c1-2-11-21-16-10-6-9-15(12-16)18-13-17(20)19-14-7-4-3-5-8-14/h2-10,12,18H,1,11,13H2,(H,19,20). The van der Waals surface area contributed by atoms with E-state index in [0.717, 1.165) is 17.1 Å². The van der Waals surface area contributed by atoms with Gasteiger partial charge in [0.15, 0.2) is 0 Å². The molecule has 4 heteroatoms. The van der Waals surface area contributed by atoms with Gasteiger partial charge in [-0.15, -0.1) is 0 Å². The minimum atomic E-state index is -0.0985. The maximum atomic E-state index is 11.8. The lowest BCUT2D eigenvalue weighted by molar-refractivity contribution is -0.114. The third-order valence-corrected chi connectivity index (χ3v) is 2.71. The molecule has 0 saturated heterocycles. The molecule has 0 atom stereocenters. The Morgan fingerprint density at radius 3 is 2.62 bits per heavy atom. The minimum Gasteiger partial charge on any atom is -0.489 e. The molecule has 0 aliphatic rings. The zero-order chi connectivity index (χ0) is 14.9. The van der Waals surface area contributed by atoms with Crippen molar-refractivity contribution in [2.45, 2.75) is 0 Å². The lowest BCUT2D eigenvalue weighted by Crippen LogP contribution is -2.21. The third-order valence-electron chi connectivity index (χ3n) is 2.71. The molecule has 0 aliphatic carbocycles. The van der Waals surface area contributed by atoms with Gasteiger partial charge in [-0.3, -0.25) is 4.79 Å². The van der Waals surface area contributed by atoms with Crippen LogP contribution < -0.4 is 15.4 Å². The molecule has 2 aromatic rings. The van der Waals surface area contributed by atoms with E-state index in [1.165, 1.54) is 0 Å². The number of amides is 1. The van der Waals surface area contributed by atoms with Gasteiger partial charge in [-0.2, -0.15) is 0 Å². The summed E-state index contributed by atoms with van der Waals surface area (Å²) in [5.74, 6) is 0.641. The summed E-state index contributed by atoms with van der Waals surface area (Å²) in [7, 11) is 0. The van der Waals surface area contributed by atoms with E-state index in [0.29, 0.717) is 6.61 Å². The van der Waals surface area contributed by atoms with Gasteiger partial charge in [0.1, 0.15) is 12.4 Å². The lowest BCUT2D eigenvalue weighted by atomic mass is 10.3. The highest BCUT2D eigenvalue weighted by Crippen LogP contribution is 2.17. The van der Waals surface area contributed by atoms with Crippen LogP contribution in [0.25, 0.3) is 0 Å². The third kappa shape index (κ3) is 5.03. The molecule has 0 fully saturated rings. The van der Waals surface area contributed by atoms with Crippen molar-refractivity contribution in [3.8, 4) is 5.75 Å². The van der Waals surface area contributed by atoms with Gasteiger partial charge in [0.2, 0.25) is 5.91 Å². The maximum absolute atomic E-state index is 11.8. The number of carbonyl (C=O) groups is 1. The average molecular weight is 282 g/mol. The Kier molecular flexibility index (Phi) is 5.41. The number of anilines is 2. The molecule has 0 unspecified atom stereocenters. The second-order valence-corrected chi connectivity index (χ2v) is 4.40. The highest BCUT2D eigenvalue weighted by molar-refractivity contribution is 5.93. The largest absolute Gasteiger partial charge is 0.489 e. The molecule has 21 heavy (non-hydrogen) atoms. The van der Waals surface area contributed by atoms with E-state index >= 15 is 0 Å². The average Bonchev–Trinajstić information content (AvgIpc) is 2.52. The van der Waals surface area contributed by atoms with Crippen molar-refractivity contribution in [1.82, 2.24) is 0 Å². The monoisotopic (exact) mass is 282 g/mol. The van der Waals surface area contributed by atoms with Gasteiger partial charge < -0.3 is 15.4 Å². The van der Waals surface area contributed by atoms with Crippen LogP contribution >= 0.6 is 0 Å². The quantitative estimate of drug-likeness (QED) is 0.766. The SMILES string of the molecule is C=CCOc1cccc(NCC(=O)Nc2ccccc2)c1. The van der Waals surface area contributed by atoms with E-state index in [1.807, 2.05) is 54.6 Å². The summed E-state index contributed by atoms with van der Waals surface area (Å²) in [6.07, 6.45) is 1.69. The maximum Gasteiger partial charge on any atom is 0.243 e. The molecule has 0 aliphatic heterocycles. The van der Waals surface area contributed by atoms with Crippen molar-refractivity contribution in [2.75, 3.05) is 23.8 Å². The summed E-state index contributed by atoms with van der Waals surface area (Å²) in [5.41, 5.74) is 1.62. The van der Waals surface area contributed by atoms with Crippen LogP contribution in [-0.4, -0.2) is 19.1 Å². The summed E-state index contributed by atoms with van der Waals surface area (Å²) in [6.45, 7) is 4.25. The van der Waals surface area contributed by atoms with Crippen molar-refractivity contribution in [1.29, 1.82) is 0 Å². The molecule has 0 saturated carbocycles. The first-order valence-corrected chi connectivity index (χ1v) is 6.70. The van der Waals surface area contributed by atoms with Gasteiger partial charge in [0, 0.05) is 17.4 Å². The summed E-state index contributed by atoms with van der Waals surface area (Å²) < 4.78 is 5.44. The van der Waals surface area contributed by atoms with E-state index in [2.05, 4.69) is 17.2 Å². The number of hydrogen-bond acceptors (Lipinski definition) is 3. The van der Waals surface area contributed by atoms with Crippen LogP contribution in [0.5, 0.6) is 5.75 Å². The zero-order valence-corrected chi connectivity index (χ0v) is 11.7. The number of carbonyl (C=O) groups excluding carboxylic acids is 1. The van der Waals surface area contributed by atoms with E-state index in [-0.39, 0.29) is 12.5 Å². The van der Waals surface area contributed by atoms with Crippen LogP contribution in [0.4, 0.5) is 11.4 Å². The molecule has 0 heterocycles. The van der Waals surface area contributed by atoms with Gasteiger partial charge in [-0.1, -0.05) is 36.9 Å². The number of benzene rings is 2. The first-order chi connectivity index (χ1) is 10.3. The fourth-order valence-corrected chi connectivity index (χ4v) is 1.76. The van der Waals surface area contributed by atoms with Crippen molar-refractivity contribution < 1.29 is 9.53 Å². The smallest absolute Gasteiger partial charge is 0.243 e. The van der Waals surface area contributed by atoms with Gasteiger partial charge in [0.05, 0.1) is 6.54 Å². The summed E-state index contributed by atoms with van der Waals surface area (Å²) in [5, 5.41) is 5.88. The fourth-order valence-electron chi connectivity index (χ4n) is 1.76. The van der Waals surface area contributed by atoms with Crippen LogP contribution in [0, 0.1) is 0 Å². The lowest BCUT2D eigenvalue weighted by Gasteiger charge is -2.09. The number of hydrogen-bond donors (Lipinski definition) is 2. The predicted molar refractivity (Wildman–Crippen MR) is 85.7 cm³/mol. The molecule has 4 nitrogen and oxygen atoms in total. The first-order valence-electron chi connectivity index (χ1n) is 6.70. The van der Waals surface area contributed by atoms with Gasteiger partial charge in [-0.25, -0.2) is 0 Å². The van der Waals surface area contributed by atoms with Crippen molar-refractivity contribution >= 4 is 17.3 Å². The van der Waals surface area contributed by atoms with Crippen molar-refractivity contribution in [2.24, 2.45) is 0 Å². The Morgan fingerprint density at radius 2 is 1.86 bits per heavy atom. The highest BCUT2D eigenvalue weighted by atomic mass is 16.5. The van der Waals surface area contributed by atoms with Gasteiger partial charge >= 0.3 is 0 Å².